The quantitative estimate of drug-likeness (QED) is 0.667. The normalized spacial score (nSPS) is 14.1. The molecule has 0 spiro atoms. The number of aromatic nitrogens is 1. The van der Waals surface area contributed by atoms with Crippen molar-refractivity contribution in [1.29, 1.82) is 0 Å². The highest BCUT2D eigenvalue weighted by Crippen LogP contribution is 2.27. The molecule has 128 valence electrons. The molecule has 1 aliphatic heterocycles. The van der Waals surface area contributed by atoms with Gasteiger partial charge in [-0.1, -0.05) is 25.1 Å². The molecule has 1 aromatic carbocycles. The molecule has 0 saturated heterocycles. The molecule has 1 N–H and O–H groups in total. The molecule has 0 radical (unpaired) electrons. The molecule has 5 heteroatoms. The molecule has 1 aromatic heterocycles. The summed E-state index contributed by atoms with van der Waals surface area (Å²) in [4.78, 5) is 13.2. The second-order valence-electron chi connectivity index (χ2n) is 5.98. The van der Waals surface area contributed by atoms with Gasteiger partial charge in [-0.15, -0.1) is 11.3 Å². The average molecular weight is 343 g/mol. The van der Waals surface area contributed by atoms with Crippen LogP contribution in [-0.2, 0) is 19.3 Å². The third-order valence-electron chi connectivity index (χ3n) is 4.34. The second-order valence-corrected chi connectivity index (χ2v) is 7.27. The van der Waals surface area contributed by atoms with Gasteiger partial charge in [0, 0.05) is 36.6 Å². The molecule has 0 fully saturated rings. The van der Waals surface area contributed by atoms with Crippen LogP contribution in [0.5, 0.6) is 0 Å². The molecular weight excluding hydrogens is 316 g/mol. The van der Waals surface area contributed by atoms with Crippen LogP contribution in [0.4, 0.5) is 5.69 Å². The fourth-order valence-corrected chi connectivity index (χ4v) is 4.14. The van der Waals surface area contributed by atoms with Crippen molar-refractivity contribution in [2.24, 2.45) is 4.99 Å². The highest BCUT2D eigenvalue weighted by Gasteiger charge is 2.22. The Bertz CT molecular complexity index is 720. The number of anilines is 1. The molecule has 0 bridgehead atoms. The minimum Gasteiger partial charge on any atom is -0.356 e. The van der Waals surface area contributed by atoms with Crippen LogP contribution in [0.3, 0.4) is 0 Å². The SMILES string of the molecule is CCNC(=NCCc1nc(CC)c(C)s1)N1CCc2ccccc21. The Balaban J connectivity index is 1.70. The first-order valence-electron chi connectivity index (χ1n) is 8.81. The first-order chi connectivity index (χ1) is 11.7. The van der Waals surface area contributed by atoms with Crippen molar-refractivity contribution in [2.45, 2.75) is 40.0 Å². The number of aryl methyl sites for hydroxylation is 2. The highest BCUT2D eigenvalue weighted by molar-refractivity contribution is 7.11. The Morgan fingerprint density at radius 3 is 2.92 bits per heavy atom. The Morgan fingerprint density at radius 2 is 2.17 bits per heavy atom. The van der Waals surface area contributed by atoms with E-state index in [1.54, 1.807) is 0 Å². The van der Waals surface area contributed by atoms with Crippen LogP contribution in [0.1, 0.15) is 35.0 Å². The number of fused-ring (bicyclic) bond motifs is 1. The summed E-state index contributed by atoms with van der Waals surface area (Å²) in [5.41, 5.74) is 3.93. The van der Waals surface area contributed by atoms with E-state index in [9.17, 15) is 0 Å². The third-order valence-corrected chi connectivity index (χ3v) is 5.41. The summed E-state index contributed by atoms with van der Waals surface area (Å²) in [6, 6.07) is 8.62. The van der Waals surface area contributed by atoms with Gasteiger partial charge in [-0.05, 0) is 38.3 Å². The zero-order valence-corrected chi connectivity index (χ0v) is 15.6. The Labute approximate surface area is 148 Å². The van der Waals surface area contributed by atoms with E-state index in [1.807, 2.05) is 11.3 Å². The highest BCUT2D eigenvalue weighted by atomic mass is 32.1. The molecular formula is C19H26N4S. The minimum absolute atomic E-state index is 0.775. The van der Waals surface area contributed by atoms with E-state index < -0.39 is 0 Å². The number of para-hydroxylation sites is 1. The van der Waals surface area contributed by atoms with Gasteiger partial charge in [-0.3, -0.25) is 4.99 Å². The summed E-state index contributed by atoms with van der Waals surface area (Å²) < 4.78 is 0. The van der Waals surface area contributed by atoms with Gasteiger partial charge >= 0.3 is 0 Å². The van der Waals surface area contributed by atoms with Gasteiger partial charge in [-0.25, -0.2) is 4.98 Å². The smallest absolute Gasteiger partial charge is 0.198 e. The van der Waals surface area contributed by atoms with Crippen LogP contribution >= 0.6 is 11.3 Å². The molecule has 0 unspecified atom stereocenters. The fraction of sp³-hybridized carbons (Fsp3) is 0.474. The van der Waals surface area contributed by atoms with Crippen molar-refractivity contribution < 1.29 is 0 Å². The number of benzene rings is 1. The van der Waals surface area contributed by atoms with Crippen LogP contribution in [0.2, 0.25) is 0 Å². The molecule has 0 atom stereocenters. The van der Waals surface area contributed by atoms with Crippen molar-refractivity contribution >= 4 is 23.0 Å². The van der Waals surface area contributed by atoms with Crippen LogP contribution in [-0.4, -0.2) is 30.6 Å². The van der Waals surface area contributed by atoms with Gasteiger partial charge in [0.15, 0.2) is 5.96 Å². The average Bonchev–Trinajstić information content (AvgIpc) is 3.17. The molecule has 4 nitrogen and oxygen atoms in total. The van der Waals surface area contributed by atoms with Crippen molar-refractivity contribution in [3.63, 3.8) is 0 Å². The van der Waals surface area contributed by atoms with Crippen molar-refractivity contribution in [1.82, 2.24) is 10.3 Å². The van der Waals surface area contributed by atoms with Gasteiger partial charge in [0.2, 0.25) is 0 Å². The lowest BCUT2D eigenvalue weighted by Crippen LogP contribution is -2.40. The number of rotatable bonds is 5. The van der Waals surface area contributed by atoms with E-state index in [0.717, 1.165) is 44.9 Å². The van der Waals surface area contributed by atoms with Crippen LogP contribution in [0, 0.1) is 6.92 Å². The van der Waals surface area contributed by atoms with Crippen molar-refractivity contribution in [3.05, 3.63) is 45.4 Å². The number of hydrogen-bond donors (Lipinski definition) is 1. The number of hydrogen-bond acceptors (Lipinski definition) is 3. The van der Waals surface area contributed by atoms with Crippen LogP contribution in [0.15, 0.2) is 29.3 Å². The molecule has 3 rings (SSSR count). The van der Waals surface area contributed by atoms with E-state index in [-0.39, 0.29) is 0 Å². The van der Waals surface area contributed by atoms with Gasteiger partial charge in [0.25, 0.3) is 0 Å². The number of aliphatic imine (C=N–C) groups is 1. The zero-order valence-electron chi connectivity index (χ0n) is 14.8. The molecule has 0 amide bonds. The topological polar surface area (TPSA) is 40.5 Å². The first kappa shape index (κ1) is 17.0. The van der Waals surface area contributed by atoms with Gasteiger partial charge in [0.1, 0.15) is 0 Å². The summed E-state index contributed by atoms with van der Waals surface area (Å²) in [5, 5.41) is 4.64. The summed E-state index contributed by atoms with van der Waals surface area (Å²) in [6.07, 6.45) is 3.01. The lowest BCUT2D eigenvalue weighted by molar-refractivity contribution is 0.865. The number of guanidine groups is 1. The van der Waals surface area contributed by atoms with Gasteiger partial charge in [-0.2, -0.15) is 0 Å². The Hall–Kier alpha value is -1.88. The van der Waals surface area contributed by atoms with E-state index in [1.165, 1.54) is 26.8 Å². The number of nitrogens with zero attached hydrogens (tertiary/aromatic N) is 3. The Morgan fingerprint density at radius 1 is 1.33 bits per heavy atom. The lowest BCUT2D eigenvalue weighted by Gasteiger charge is -2.22. The Kier molecular flexibility index (Phi) is 5.51. The molecule has 2 aromatic rings. The summed E-state index contributed by atoms with van der Waals surface area (Å²) >= 11 is 1.81. The maximum Gasteiger partial charge on any atom is 0.198 e. The zero-order chi connectivity index (χ0) is 16.9. The van der Waals surface area contributed by atoms with Crippen LogP contribution in [0.25, 0.3) is 0 Å². The minimum atomic E-state index is 0.775. The standard InChI is InChI=1S/C19H26N4S/c1-4-16-14(3)24-18(22-16)10-12-21-19(20-5-2)23-13-11-15-8-6-7-9-17(15)23/h6-9H,4-5,10-13H2,1-3H3,(H,20,21). The molecule has 2 heterocycles. The van der Waals surface area contributed by atoms with E-state index in [0.29, 0.717) is 0 Å². The first-order valence-corrected chi connectivity index (χ1v) is 9.63. The summed E-state index contributed by atoms with van der Waals surface area (Å²) in [5.74, 6) is 0.992. The van der Waals surface area contributed by atoms with Gasteiger partial charge < -0.3 is 10.2 Å². The number of thiazole rings is 1. The molecule has 1 aliphatic rings. The predicted molar refractivity (Wildman–Crippen MR) is 103 cm³/mol. The fourth-order valence-electron chi connectivity index (χ4n) is 3.13. The maximum absolute atomic E-state index is 4.85. The lowest BCUT2D eigenvalue weighted by atomic mass is 10.2. The monoisotopic (exact) mass is 342 g/mol. The van der Waals surface area contributed by atoms with Crippen LogP contribution < -0.4 is 10.2 Å². The van der Waals surface area contributed by atoms with E-state index in [4.69, 9.17) is 9.98 Å². The van der Waals surface area contributed by atoms with E-state index >= 15 is 0 Å². The third kappa shape index (κ3) is 3.61. The molecule has 24 heavy (non-hydrogen) atoms. The largest absolute Gasteiger partial charge is 0.356 e. The van der Waals surface area contributed by atoms with Crippen molar-refractivity contribution in [2.75, 3.05) is 24.5 Å². The summed E-state index contributed by atoms with van der Waals surface area (Å²) in [7, 11) is 0. The summed E-state index contributed by atoms with van der Waals surface area (Å²) in [6.45, 7) is 9.11. The molecule has 0 aliphatic carbocycles. The second kappa shape index (κ2) is 7.79. The predicted octanol–water partition coefficient (Wildman–Crippen LogP) is 3.58. The molecule has 0 saturated carbocycles. The van der Waals surface area contributed by atoms with E-state index in [2.05, 4.69) is 55.3 Å². The van der Waals surface area contributed by atoms with Gasteiger partial charge in [0.05, 0.1) is 10.7 Å². The van der Waals surface area contributed by atoms with Crippen molar-refractivity contribution in [3.8, 4) is 0 Å². The maximum atomic E-state index is 4.85. The number of nitrogens with one attached hydrogen (secondary N) is 1.